The molecule has 0 radical (unpaired) electrons. The second kappa shape index (κ2) is 4.93. The molecule has 0 heterocycles. The maximum atomic E-state index is 11.5. The Balaban J connectivity index is 2.87. The molecule has 1 aromatic rings. The summed E-state index contributed by atoms with van der Waals surface area (Å²) in [6.45, 7) is 6.37. The van der Waals surface area contributed by atoms with Crippen molar-refractivity contribution in [2.45, 2.75) is 31.9 Å². The van der Waals surface area contributed by atoms with Crippen LogP contribution >= 0.6 is 0 Å². The SMILES string of the molecule is C#CCS(=O)(=O)Cc1ccc(C(C)(C)C)cc1. The minimum atomic E-state index is -3.17. The Morgan fingerprint density at radius 3 is 2.12 bits per heavy atom. The van der Waals surface area contributed by atoms with Crippen LogP contribution < -0.4 is 0 Å². The van der Waals surface area contributed by atoms with Crippen molar-refractivity contribution in [2.24, 2.45) is 0 Å². The van der Waals surface area contributed by atoms with Gasteiger partial charge in [0.2, 0.25) is 0 Å². The van der Waals surface area contributed by atoms with Gasteiger partial charge in [-0.05, 0) is 16.5 Å². The Morgan fingerprint density at radius 1 is 1.18 bits per heavy atom. The first kappa shape index (κ1) is 13.8. The maximum absolute atomic E-state index is 11.5. The molecule has 2 nitrogen and oxygen atoms in total. The zero-order chi connectivity index (χ0) is 13.1. The lowest BCUT2D eigenvalue weighted by molar-refractivity contribution is 0.590. The highest BCUT2D eigenvalue weighted by atomic mass is 32.2. The molecule has 0 aliphatic carbocycles. The van der Waals surface area contributed by atoms with Crippen LogP contribution in [0.15, 0.2) is 24.3 Å². The van der Waals surface area contributed by atoms with E-state index in [2.05, 4.69) is 26.7 Å². The van der Waals surface area contributed by atoms with Gasteiger partial charge in [-0.3, -0.25) is 0 Å². The Hall–Kier alpha value is -1.27. The van der Waals surface area contributed by atoms with Gasteiger partial charge in [-0.2, -0.15) is 0 Å². The summed E-state index contributed by atoms with van der Waals surface area (Å²) in [5, 5.41) is 0. The first-order valence-electron chi connectivity index (χ1n) is 5.48. The molecule has 17 heavy (non-hydrogen) atoms. The van der Waals surface area contributed by atoms with Gasteiger partial charge in [0.25, 0.3) is 0 Å². The molecule has 1 aromatic carbocycles. The predicted octanol–water partition coefficient (Wildman–Crippen LogP) is 2.53. The highest BCUT2D eigenvalue weighted by Crippen LogP contribution is 2.22. The second-order valence-corrected chi connectivity index (χ2v) is 7.25. The van der Waals surface area contributed by atoms with Crippen molar-refractivity contribution in [2.75, 3.05) is 5.75 Å². The van der Waals surface area contributed by atoms with E-state index in [0.29, 0.717) is 0 Å². The molecule has 0 bridgehead atoms. The van der Waals surface area contributed by atoms with Crippen LogP contribution in [0, 0.1) is 12.3 Å². The zero-order valence-corrected chi connectivity index (χ0v) is 11.3. The third-order valence-electron chi connectivity index (χ3n) is 2.51. The van der Waals surface area contributed by atoms with E-state index in [1.165, 1.54) is 5.56 Å². The predicted molar refractivity (Wildman–Crippen MR) is 71.5 cm³/mol. The van der Waals surface area contributed by atoms with Gasteiger partial charge in [-0.15, -0.1) is 6.42 Å². The molecule has 0 aromatic heterocycles. The fourth-order valence-electron chi connectivity index (χ4n) is 1.53. The summed E-state index contributed by atoms with van der Waals surface area (Å²) < 4.78 is 23.1. The van der Waals surface area contributed by atoms with Gasteiger partial charge in [0.05, 0.1) is 5.75 Å². The third kappa shape index (κ3) is 4.24. The largest absolute Gasteiger partial charge is 0.228 e. The quantitative estimate of drug-likeness (QED) is 0.773. The average Bonchev–Trinajstić information content (AvgIpc) is 2.16. The van der Waals surface area contributed by atoms with Crippen LogP contribution in [-0.2, 0) is 21.0 Å². The number of sulfone groups is 1. The zero-order valence-electron chi connectivity index (χ0n) is 10.5. The number of terminal acetylenes is 1. The molecular weight excluding hydrogens is 232 g/mol. The van der Waals surface area contributed by atoms with Gasteiger partial charge in [0.15, 0.2) is 9.84 Å². The Labute approximate surface area is 104 Å². The molecule has 0 fully saturated rings. The fraction of sp³-hybridized carbons (Fsp3) is 0.429. The molecule has 0 unspecified atom stereocenters. The van der Waals surface area contributed by atoms with E-state index in [9.17, 15) is 8.42 Å². The highest BCUT2D eigenvalue weighted by molar-refractivity contribution is 7.90. The normalized spacial score (nSPS) is 12.1. The van der Waals surface area contributed by atoms with Crippen LogP contribution in [0.5, 0.6) is 0 Å². The Kier molecular flexibility index (Phi) is 4.00. The van der Waals surface area contributed by atoms with Gasteiger partial charge in [0.1, 0.15) is 5.75 Å². The van der Waals surface area contributed by atoms with Gasteiger partial charge >= 0.3 is 0 Å². The monoisotopic (exact) mass is 250 g/mol. The minimum Gasteiger partial charge on any atom is -0.228 e. The van der Waals surface area contributed by atoms with Crippen molar-refractivity contribution in [1.29, 1.82) is 0 Å². The molecule has 0 saturated carbocycles. The van der Waals surface area contributed by atoms with Crippen molar-refractivity contribution in [3.8, 4) is 12.3 Å². The first-order chi connectivity index (χ1) is 7.74. The third-order valence-corrected chi connectivity index (χ3v) is 3.89. The Bertz CT molecular complexity index is 511. The van der Waals surface area contributed by atoms with Crippen LogP contribution in [0.4, 0.5) is 0 Å². The summed E-state index contributed by atoms with van der Waals surface area (Å²) in [4.78, 5) is 0. The number of hydrogen-bond donors (Lipinski definition) is 0. The van der Waals surface area contributed by atoms with Crippen molar-refractivity contribution >= 4 is 9.84 Å². The van der Waals surface area contributed by atoms with Gasteiger partial charge in [-0.1, -0.05) is 51.0 Å². The molecular formula is C14H18O2S. The molecule has 0 atom stereocenters. The van der Waals surface area contributed by atoms with Crippen LogP contribution in [0.1, 0.15) is 31.9 Å². The molecule has 0 N–H and O–H groups in total. The van der Waals surface area contributed by atoms with E-state index < -0.39 is 9.84 Å². The van der Waals surface area contributed by atoms with E-state index in [1.54, 1.807) is 0 Å². The van der Waals surface area contributed by atoms with Crippen LogP contribution in [-0.4, -0.2) is 14.2 Å². The van der Waals surface area contributed by atoms with E-state index in [-0.39, 0.29) is 16.9 Å². The van der Waals surface area contributed by atoms with Crippen molar-refractivity contribution in [3.05, 3.63) is 35.4 Å². The average molecular weight is 250 g/mol. The van der Waals surface area contributed by atoms with Gasteiger partial charge in [-0.25, -0.2) is 8.42 Å². The smallest absolute Gasteiger partial charge is 0.165 e. The van der Waals surface area contributed by atoms with E-state index in [1.807, 2.05) is 24.3 Å². The molecule has 1 rings (SSSR count). The maximum Gasteiger partial charge on any atom is 0.165 e. The lowest BCUT2D eigenvalue weighted by atomic mass is 9.87. The summed E-state index contributed by atoms with van der Waals surface area (Å²) in [6.07, 6.45) is 5.02. The summed E-state index contributed by atoms with van der Waals surface area (Å²) in [6, 6.07) is 7.66. The summed E-state index contributed by atoms with van der Waals surface area (Å²) in [7, 11) is -3.17. The molecule has 0 spiro atoms. The molecule has 3 heteroatoms. The summed E-state index contributed by atoms with van der Waals surface area (Å²) >= 11 is 0. The van der Waals surface area contributed by atoms with Crippen molar-refractivity contribution in [3.63, 3.8) is 0 Å². The van der Waals surface area contributed by atoms with Gasteiger partial charge < -0.3 is 0 Å². The molecule has 0 aliphatic rings. The van der Waals surface area contributed by atoms with Crippen LogP contribution in [0.25, 0.3) is 0 Å². The standard InChI is InChI=1S/C14H18O2S/c1-5-10-17(15,16)11-12-6-8-13(9-7-12)14(2,3)4/h1,6-9H,10-11H2,2-4H3. The molecule has 0 aliphatic heterocycles. The first-order valence-corrected chi connectivity index (χ1v) is 7.30. The lowest BCUT2D eigenvalue weighted by Crippen LogP contribution is -2.11. The van der Waals surface area contributed by atoms with Gasteiger partial charge in [0, 0.05) is 0 Å². The Morgan fingerprint density at radius 2 is 1.71 bits per heavy atom. The topological polar surface area (TPSA) is 34.1 Å². The van der Waals surface area contributed by atoms with Crippen molar-refractivity contribution in [1.82, 2.24) is 0 Å². The molecule has 92 valence electrons. The highest BCUT2D eigenvalue weighted by Gasteiger charge is 2.14. The molecule has 0 amide bonds. The van der Waals surface area contributed by atoms with Crippen molar-refractivity contribution < 1.29 is 8.42 Å². The fourth-order valence-corrected chi connectivity index (χ4v) is 2.59. The van der Waals surface area contributed by atoms with E-state index in [0.717, 1.165) is 5.56 Å². The summed E-state index contributed by atoms with van der Waals surface area (Å²) in [5.74, 6) is 1.99. The van der Waals surface area contributed by atoms with E-state index in [4.69, 9.17) is 6.42 Å². The number of benzene rings is 1. The second-order valence-electron chi connectivity index (χ2n) is 5.18. The minimum absolute atomic E-state index is 0.0155. The van der Waals surface area contributed by atoms with Crippen LogP contribution in [0.3, 0.4) is 0 Å². The van der Waals surface area contributed by atoms with E-state index >= 15 is 0 Å². The van der Waals surface area contributed by atoms with Crippen LogP contribution in [0.2, 0.25) is 0 Å². The summed E-state index contributed by atoms with van der Waals surface area (Å²) in [5.41, 5.74) is 2.06. The number of rotatable bonds is 3. The lowest BCUT2D eigenvalue weighted by Gasteiger charge is -2.19. The molecule has 0 saturated heterocycles. The number of hydrogen-bond acceptors (Lipinski definition) is 2.